The van der Waals surface area contributed by atoms with E-state index < -0.39 is 0 Å². The van der Waals surface area contributed by atoms with E-state index >= 15 is 0 Å². The number of hydrogen-bond donors (Lipinski definition) is 2. The summed E-state index contributed by atoms with van der Waals surface area (Å²) in [5.74, 6) is 0. The molecule has 1 aromatic heterocycles. The van der Waals surface area contributed by atoms with Crippen LogP contribution in [0.25, 0.3) is 10.9 Å². The van der Waals surface area contributed by atoms with E-state index in [1.165, 1.54) is 0 Å². The SMILES string of the molecule is Clc1cc(Br)ccc1NCc1[nH]c2ccccc2c1Cl. The molecule has 3 aromatic rings. The highest BCUT2D eigenvalue weighted by atomic mass is 79.9. The zero-order valence-electron chi connectivity index (χ0n) is 10.4. The van der Waals surface area contributed by atoms with Crippen molar-refractivity contribution in [2.45, 2.75) is 6.54 Å². The summed E-state index contributed by atoms with van der Waals surface area (Å²) in [6, 6.07) is 13.7. The Hall–Kier alpha value is -1.16. The molecule has 20 heavy (non-hydrogen) atoms. The summed E-state index contributed by atoms with van der Waals surface area (Å²) in [6.45, 7) is 0.592. The molecule has 0 fully saturated rings. The van der Waals surface area contributed by atoms with E-state index in [0.717, 1.165) is 31.8 Å². The molecule has 0 saturated carbocycles. The number of halogens is 3. The first kappa shape index (κ1) is 13.8. The van der Waals surface area contributed by atoms with Gasteiger partial charge in [0.1, 0.15) is 0 Å². The topological polar surface area (TPSA) is 27.8 Å². The van der Waals surface area contributed by atoms with Crippen molar-refractivity contribution in [3.63, 3.8) is 0 Å². The monoisotopic (exact) mass is 368 g/mol. The van der Waals surface area contributed by atoms with Crippen molar-refractivity contribution < 1.29 is 0 Å². The normalized spacial score (nSPS) is 10.9. The van der Waals surface area contributed by atoms with Crippen LogP contribution in [0.2, 0.25) is 10.0 Å². The number of hydrogen-bond acceptors (Lipinski definition) is 1. The van der Waals surface area contributed by atoms with Crippen molar-refractivity contribution >= 4 is 55.7 Å². The van der Waals surface area contributed by atoms with E-state index in [1.807, 2.05) is 42.5 Å². The summed E-state index contributed by atoms with van der Waals surface area (Å²) in [5.41, 5.74) is 2.87. The van der Waals surface area contributed by atoms with E-state index in [2.05, 4.69) is 26.2 Å². The molecule has 0 saturated heterocycles. The van der Waals surface area contributed by atoms with E-state index in [0.29, 0.717) is 11.6 Å². The van der Waals surface area contributed by atoms with Crippen molar-refractivity contribution in [3.8, 4) is 0 Å². The third kappa shape index (κ3) is 2.66. The van der Waals surface area contributed by atoms with Gasteiger partial charge in [-0.2, -0.15) is 0 Å². The molecule has 0 aliphatic rings. The Kier molecular flexibility index (Phi) is 3.92. The highest BCUT2D eigenvalue weighted by Gasteiger charge is 2.09. The predicted octanol–water partition coefficient (Wildman–Crippen LogP) is 5.85. The average molecular weight is 370 g/mol. The second-order valence-electron chi connectivity index (χ2n) is 4.44. The van der Waals surface area contributed by atoms with Crippen LogP contribution < -0.4 is 5.32 Å². The minimum absolute atomic E-state index is 0.592. The minimum Gasteiger partial charge on any atom is -0.378 e. The molecule has 1 heterocycles. The van der Waals surface area contributed by atoms with E-state index in [1.54, 1.807) is 0 Å². The lowest BCUT2D eigenvalue weighted by Crippen LogP contribution is -2.00. The number of anilines is 1. The van der Waals surface area contributed by atoms with Crippen molar-refractivity contribution in [2.75, 3.05) is 5.32 Å². The summed E-state index contributed by atoms with van der Waals surface area (Å²) in [5, 5.41) is 5.75. The van der Waals surface area contributed by atoms with Crippen molar-refractivity contribution in [2.24, 2.45) is 0 Å². The molecular formula is C15H11BrCl2N2. The van der Waals surface area contributed by atoms with Crippen LogP contribution in [0.3, 0.4) is 0 Å². The van der Waals surface area contributed by atoms with E-state index in [4.69, 9.17) is 23.2 Å². The number of aromatic amines is 1. The maximum atomic E-state index is 6.38. The summed E-state index contributed by atoms with van der Waals surface area (Å²) in [6.07, 6.45) is 0. The van der Waals surface area contributed by atoms with Gasteiger partial charge >= 0.3 is 0 Å². The first-order chi connectivity index (χ1) is 9.65. The van der Waals surface area contributed by atoms with Crippen LogP contribution >= 0.6 is 39.1 Å². The summed E-state index contributed by atoms with van der Waals surface area (Å²) < 4.78 is 0.955. The largest absolute Gasteiger partial charge is 0.378 e. The van der Waals surface area contributed by atoms with Crippen LogP contribution in [-0.4, -0.2) is 4.98 Å². The van der Waals surface area contributed by atoms with Gasteiger partial charge < -0.3 is 10.3 Å². The van der Waals surface area contributed by atoms with Gasteiger partial charge in [0.05, 0.1) is 28.0 Å². The zero-order valence-corrected chi connectivity index (χ0v) is 13.5. The summed E-state index contributed by atoms with van der Waals surface area (Å²) in [7, 11) is 0. The number of H-pyrrole nitrogens is 1. The van der Waals surface area contributed by atoms with Gasteiger partial charge in [0.15, 0.2) is 0 Å². The highest BCUT2D eigenvalue weighted by molar-refractivity contribution is 9.10. The van der Waals surface area contributed by atoms with Gasteiger partial charge in [0.25, 0.3) is 0 Å². The van der Waals surface area contributed by atoms with Crippen molar-refractivity contribution in [3.05, 3.63) is 62.7 Å². The summed E-state index contributed by atoms with van der Waals surface area (Å²) in [4.78, 5) is 3.32. The zero-order chi connectivity index (χ0) is 14.1. The fourth-order valence-electron chi connectivity index (χ4n) is 2.10. The molecule has 5 heteroatoms. The molecule has 2 nitrogen and oxygen atoms in total. The lowest BCUT2D eigenvalue weighted by molar-refractivity contribution is 1.09. The van der Waals surface area contributed by atoms with Crippen LogP contribution in [0.5, 0.6) is 0 Å². The van der Waals surface area contributed by atoms with Gasteiger partial charge in [-0.25, -0.2) is 0 Å². The molecule has 0 spiro atoms. The molecule has 0 unspecified atom stereocenters. The van der Waals surface area contributed by atoms with Crippen LogP contribution in [0.4, 0.5) is 5.69 Å². The average Bonchev–Trinajstić information content (AvgIpc) is 2.75. The second kappa shape index (κ2) is 5.68. The van der Waals surface area contributed by atoms with Gasteiger partial charge in [-0.3, -0.25) is 0 Å². The van der Waals surface area contributed by atoms with Crippen LogP contribution in [0.1, 0.15) is 5.69 Å². The standard InChI is InChI=1S/C15H11BrCl2N2/c16-9-5-6-13(11(17)7-9)19-8-14-15(18)10-3-1-2-4-12(10)20-14/h1-7,19-20H,8H2. The number of para-hydroxylation sites is 1. The Morgan fingerprint density at radius 1 is 1.10 bits per heavy atom. The van der Waals surface area contributed by atoms with E-state index in [9.17, 15) is 0 Å². The number of benzene rings is 2. The third-order valence-corrected chi connectivity index (χ3v) is 4.34. The Balaban J connectivity index is 1.85. The first-order valence-corrected chi connectivity index (χ1v) is 7.64. The van der Waals surface area contributed by atoms with Crippen molar-refractivity contribution in [1.29, 1.82) is 0 Å². The van der Waals surface area contributed by atoms with E-state index in [-0.39, 0.29) is 0 Å². The molecule has 3 rings (SSSR count). The molecule has 0 bridgehead atoms. The molecule has 0 aliphatic heterocycles. The fraction of sp³-hybridized carbons (Fsp3) is 0.0667. The number of aromatic nitrogens is 1. The number of rotatable bonds is 3. The van der Waals surface area contributed by atoms with Crippen LogP contribution in [0, 0.1) is 0 Å². The van der Waals surface area contributed by atoms with Gasteiger partial charge in [-0.1, -0.05) is 57.3 Å². The maximum Gasteiger partial charge on any atom is 0.0710 e. The molecule has 2 N–H and O–H groups in total. The molecule has 102 valence electrons. The van der Waals surface area contributed by atoms with Gasteiger partial charge in [-0.05, 0) is 24.3 Å². The van der Waals surface area contributed by atoms with Gasteiger partial charge in [0, 0.05) is 15.4 Å². The molecular weight excluding hydrogens is 359 g/mol. The smallest absolute Gasteiger partial charge is 0.0710 e. The Bertz CT molecular complexity index is 768. The minimum atomic E-state index is 0.592. The number of nitrogens with one attached hydrogen (secondary N) is 2. The highest BCUT2D eigenvalue weighted by Crippen LogP contribution is 2.29. The van der Waals surface area contributed by atoms with Gasteiger partial charge in [-0.15, -0.1) is 0 Å². The lowest BCUT2D eigenvalue weighted by atomic mass is 10.2. The quantitative estimate of drug-likeness (QED) is 0.595. The predicted molar refractivity (Wildman–Crippen MR) is 89.8 cm³/mol. The Morgan fingerprint density at radius 3 is 2.65 bits per heavy atom. The van der Waals surface area contributed by atoms with Crippen LogP contribution in [0.15, 0.2) is 46.9 Å². The maximum absolute atomic E-state index is 6.38. The fourth-order valence-corrected chi connectivity index (χ4v) is 3.12. The van der Waals surface area contributed by atoms with Gasteiger partial charge in [0.2, 0.25) is 0 Å². The molecule has 0 aliphatic carbocycles. The summed E-state index contributed by atoms with van der Waals surface area (Å²) >= 11 is 15.9. The van der Waals surface area contributed by atoms with Crippen LogP contribution in [-0.2, 0) is 6.54 Å². The Morgan fingerprint density at radius 2 is 1.90 bits per heavy atom. The molecule has 0 atom stereocenters. The Labute approximate surface area is 135 Å². The lowest BCUT2D eigenvalue weighted by Gasteiger charge is -2.08. The molecule has 2 aromatic carbocycles. The number of fused-ring (bicyclic) bond motifs is 1. The third-order valence-electron chi connectivity index (χ3n) is 3.10. The van der Waals surface area contributed by atoms with Crippen molar-refractivity contribution in [1.82, 2.24) is 4.98 Å². The second-order valence-corrected chi connectivity index (χ2v) is 6.14. The molecule has 0 amide bonds. The molecule has 0 radical (unpaired) electrons. The first-order valence-electron chi connectivity index (χ1n) is 6.09.